The second-order valence-electron chi connectivity index (χ2n) is 25.2. The first kappa shape index (κ1) is 63.8. The molecule has 2 aliphatic rings. The largest absolute Gasteiger partial charge is 0.494 e. The maximum Gasteiger partial charge on any atom is 0.436 e. The van der Waals surface area contributed by atoms with Crippen LogP contribution in [0.2, 0.25) is 0 Å². The van der Waals surface area contributed by atoms with E-state index < -0.39 is 36.3 Å². The van der Waals surface area contributed by atoms with Crippen molar-refractivity contribution < 1.29 is 44.8 Å². The third-order valence-corrected chi connectivity index (χ3v) is 21.9. The predicted octanol–water partition coefficient (Wildman–Crippen LogP) is 15.7. The number of fused-ring (bicyclic) bond motifs is 11. The Morgan fingerprint density at radius 2 is 0.740 bits per heavy atom. The van der Waals surface area contributed by atoms with E-state index in [1.807, 2.05) is 170 Å². The molecule has 8 nitrogen and oxygen atoms in total. The van der Waals surface area contributed by atoms with Gasteiger partial charge in [0.25, 0.3) is 0 Å². The van der Waals surface area contributed by atoms with Crippen LogP contribution in [0.4, 0.5) is 26.3 Å². The van der Waals surface area contributed by atoms with E-state index in [4.69, 9.17) is 9.47 Å². The van der Waals surface area contributed by atoms with E-state index in [1.54, 1.807) is 0 Å². The number of thiazole rings is 2. The summed E-state index contributed by atoms with van der Waals surface area (Å²) >= 11 is 2.25. The Balaban J connectivity index is 1.21. The number of unbranched alkanes of at least 4 members (excludes halogenated alkanes) is 10. The first-order valence-corrected chi connectivity index (χ1v) is 34.9. The number of rotatable bonds is 22. The van der Waals surface area contributed by atoms with Crippen LogP contribution < -0.4 is 51.0 Å². The summed E-state index contributed by atoms with van der Waals surface area (Å²) in [6.45, 7) is 5.38. The molecule has 0 spiro atoms. The van der Waals surface area contributed by atoms with Crippen LogP contribution in [-0.2, 0) is 12.4 Å². The van der Waals surface area contributed by atoms with Crippen LogP contribution in [0.3, 0.4) is 0 Å². The summed E-state index contributed by atoms with van der Waals surface area (Å²) in [5, 5.41) is 27.9. The van der Waals surface area contributed by atoms with E-state index in [1.165, 1.54) is 37.1 Å². The van der Waals surface area contributed by atoms with Crippen LogP contribution >= 0.6 is 22.7 Å². The van der Waals surface area contributed by atoms with Crippen molar-refractivity contribution >= 4 is 99.7 Å². The molecular weight excluding hydrogens is 1250 g/mol. The maximum absolute atomic E-state index is 15.1. The molecule has 0 saturated heterocycles. The van der Waals surface area contributed by atoms with E-state index >= 15 is 26.3 Å². The van der Waals surface area contributed by atoms with Crippen molar-refractivity contribution in [1.82, 2.24) is 8.96 Å². The minimum atomic E-state index is -4.69. The Kier molecular flexibility index (Phi) is 17.4. The van der Waals surface area contributed by atoms with Gasteiger partial charge in [0.15, 0.2) is 22.2 Å². The highest BCUT2D eigenvalue weighted by molar-refractivity contribution is 7.20. The molecule has 482 valence electrons. The highest BCUT2D eigenvalue weighted by Crippen LogP contribution is 2.44. The molecule has 2 aliphatic heterocycles. The molecule has 6 heterocycles. The Morgan fingerprint density at radius 3 is 1.05 bits per heavy atom. The third kappa shape index (κ3) is 10.7. The van der Waals surface area contributed by atoms with Gasteiger partial charge in [-0.1, -0.05) is 222 Å². The molecule has 14 rings (SSSR count). The van der Waals surface area contributed by atoms with E-state index in [9.17, 15) is 10.5 Å². The van der Waals surface area contributed by atoms with Crippen LogP contribution in [0.25, 0.3) is 64.9 Å². The Bertz CT molecular complexity index is 4700. The molecule has 18 heteroatoms. The van der Waals surface area contributed by atoms with Gasteiger partial charge in [-0.3, -0.25) is 0 Å². The number of aromatic nitrogens is 4. The number of halogens is 6. The number of nitrogens with zero attached hydrogens (tertiary/aromatic N) is 6. The van der Waals surface area contributed by atoms with Gasteiger partial charge in [-0.25, -0.2) is 0 Å². The zero-order valence-electron chi connectivity index (χ0n) is 53.3. The zero-order chi connectivity index (χ0) is 66.3. The van der Waals surface area contributed by atoms with Gasteiger partial charge in [0, 0.05) is 45.0 Å². The smallest absolute Gasteiger partial charge is 0.436 e. The molecule has 0 fully saturated rings. The molecule has 0 atom stereocenters. The molecule has 0 amide bonds. The number of hydrogen-bond acceptors (Lipinski definition) is 6. The van der Waals surface area contributed by atoms with Crippen LogP contribution in [0.1, 0.15) is 112 Å². The fourth-order valence-corrected chi connectivity index (χ4v) is 17.9. The second kappa shape index (κ2) is 26.2. The molecule has 0 saturated carbocycles. The number of nitriles is 2. The highest BCUT2D eigenvalue weighted by atomic mass is 32.1. The topological polar surface area (TPSA) is 83.7 Å². The lowest BCUT2D eigenvalue weighted by molar-refractivity contribution is -0.513. The first-order valence-electron chi connectivity index (χ1n) is 33.3. The van der Waals surface area contributed by atoms with Gasteiger partial charge in [0.05, 0.1) is 24.3 Å². The molecule has 96 heavy (non-hydrogen) atoms. The molecule has 4 aromatic heterocycles. The van der Waals surface area contributed by atoms with Gasteiger partial charge >= 0.3 is 25.2 Å². The van der Waals surface area contributed by atoms with E-state index in [2.05, 4.69) is 43.9 Å². The summed E-state index contributed by atoms with van der Waals surface area (Å²) in [6, 6.07) is 68.3. The van der Waals surface area contributed by atoms with Crippen molar-refractivity contribution in [2.75, 3.05) is 13.2 Å². The minimum absolute atomic E-state index is 0.177. The zero-order valence-corrected chi connectivity index (χ0v) is 54.9. The standard InChI is InChI=1S/C78H68B2F6N6O2S2/c1-3-5-7-9-11-25-47-93-61-41-35-53(36-42-61)71-69-70(74-64(52-88)76-89(65-45-39-55(77(81,82)83)49-67(65)96-76)79(91(71)74,57-27-17-13-18-28-57)58-29-19-14-20-30-58)72(54-37-43-62(44-38-54)94-48-26-12-10-8-6-4-2)92-73(69)63(51-87)75-90(66-46-40-56(78(84,85)86)50-68(66)95-75)80(92,59-31-21-15-22-32-59)60-33-23-16-24-34-60/h13-24,27-46,49-50H,3-12,25-26,47-48H2,1-2H3. The SMILES string of the molecule is CCCCCCCCOc1ccc(-c2c3c4n(c(-c5ccc(OCCCCCCCC)cc5)c3c3n2[B-](c2ccccc2)(c2ccccc2)[n+]2c(sc5cc(C(F)(F)F)ccc52)C=3C#N)[B-](c2ccccc2)(c2ccccc2)[n+]2c(sc3cc(C(F)(F)F)ccc32)C=4C#N)cc1. The van der Waals surface area contributed by atoms with Crippen molar-refractivity contribution in [1.29, 1.82) is 10.5 Å². The summed E-state index contributed by atoms with van der Waals surface area (Å²) in [6.07, 6.45) is -1.97. The van der Waals surface area contributed by atoms with Crippen LogP contribution in [0.15, 0.2) is 206 Å². The number of alkyl halides is 6. The van der Waals surface area contributed by atoms with Crippen molar-refractivity contribution in [2.45, 2.75) is 103 Å². The van der Waals surface area contributed by atoms with Gasteiger partial charge in [0.2, 0.25) is 10.0 Å². The van der Waals surface area contributed by atoms with Crippen molar-refractivity contribution in [3.8, 4) is 46.2 Å². The fourth-order valence-electron chi connectivity index (χ4n) is 15.4. The average molecular weight is 1320 g/mol. The molecule has 0 unspecified atom stereocenters. The van der Waals surface area contributed by atoms with Gasteiger partial charge in [0.1, 0.15) is 33.0 Å². The first-order chi connectivity index (χ1) is 46.8. The molecule has 0 N–H and O–H groups in total. The highest BCUT2D eigenvalue weighted by Gasteiger charge is 2.56. The Labute approximate surface area is 561 Å². The van der Waals surface area contributed by atoms with Crippen LogP contribution in [0.5, 0.6) is 11.5 Å². The van der Waals surface area contributed by atoms with E-state index in [0.29, 0.717) is 99.1 Å². The molecule has 12 aromatic rings. The summed E-state index contributed by atoms with van der Waals surface area (Å²) in [5.74, 6) is 1.26. The fraction of sp³-hybridized carbons (Fsp3) is 0.231. The van der Waals surface area contributed by atoms with Crippen LogP contribution in [0, 0.1) is 22.7 Å². The molecule has 0 radical (unpaired) electrons. The maximum atomic E-state index is 15.1. The summed E-state index contributed by atoms with van der Waals surface area (Å²) in [4.78, 5) is 0. The van der Waals surface area contributed by atoms with E-state index in [-0.39, 0.29) is 11.1 Å². The number of hydrogen-bond donors (Lipinski definition) is 0. The molecule has 0 aliphatic carbocycles. The summed E-state index contributed by atoms with van der Waals surface area (Å²) in [7, 11) is 0. The van der Waals surface area contributed by atoms with E-state index in [0.717, 1.165) is 121 Å². The van der Waals surface area contributed by atoms with Gasteiger partial charge in [-0.15, -0.1) is 21.9 Å². The third-order valence-electron chi connectivity index (χ3n) is 19.6. The number of ether oxygens (including phenoxy) is 2. The predicted molar refractivity (Wildman–Crippen MR) is 375 cm³/mol. The van der Waals surface area contributed by atoms with Gasteiger partial charge < -0.3 is 27.4 Å². The van der Waals surface area contributed by atoms with Gasteiger partial charge in [-0.05, 0) is 96.8 Å². The monoisotopic (exact) mass is 1320 g/mol. The van der Waals surface area contributed by atoms with Crippen molar-refractivity contribution in [3.63, 3.8) is 0 Å². The quantitative estimate of drug-likeness (QED) is 0.0384. The van der Waals surface area contributed by atoms with Crippen molar-refractivity contribution in [3.05, 3.63) is 238 Å². The molecule has 0 bridgehead atoms. The summed E-state index contributed by atoms with van der Waals surface area (Å²) in [5.41, 5.74) is 5.15. The summed E-state index contributed by atoms with van der Waals surface area (Å²) < 4.78 is 113. The second-order valence-corrected chi connectivity index (χ2v) is 27.3. The Hall–Kier alpha value is -9.61. The minimum Gasteiger partial charge on any atom is -0.494 e. The molecule has 8 aromatic carbocycles. The lowest BCUT2D eigenvalue weighted by atomic mass is 9.35. The average Bonchev–Trinajstić information content (AvgIpc) is 1.47. The van der Waals surface area contributed by atoms with Crippen molar-refractivity contribution in [2.24, 2.45) is 0 Å². The van der Waals surface area contributed by atoms with Gasteiger partial charge in [-0.2, -0.15) is 36.9 Å². The number of benzene rings is 8. The lowest BCUT2D eigenvalue weighted by Gasteiger charge is -2.43. The molecular formula is C78H68B2F6N6O2S2. The van der Waals surface area contributed by atoms with Crippen LogP contribution in [-0.4, -0.2) is 35.0 Å². The normalized spacial score (nSPS) is 13.9. The lowest BCUT2D eigenvalue weighted by Crippen LogP contribution is -2.86. The Morgan fingerprint density at radius 1 is 0.417 bits per heavy atom.